The molecule has 0 amide bonds. The summed E-state index contributed by atoms with van der Waals surface area (Å²) in [5.74, 6) is 1.29. The Hall–Kier alpha value is -2.36. The molecule has 0 heterocycles. The van der Waals surface area contributed by atoms with Crippen molar-refractivity contribution >= 4 is 28.9 Å². The molecule has 5 heteroatoms. The molecule has 0 radical (unpaired) electrons. The molecule has 3 rings (SSSR count). The standard InChI is InChI=1S/C22H21Cl2NO2/c1-15-8-9-19(12-20(15)24)25-13-17-10-18(23)11-21(26-2)22(17)27-14-16-6-4-3-5-7-16/h3-12,25H,13-14H2,1-2H3. The van der Waals surface area contributed by atoms with Gasteiger partial charge >= 0.3 is 0 Å². The fourth-order valence-corrected chi connectivity index (χ4v) is 3.11. The number of methoxy groups -OCH3 is 1. The van der Waals surface area contributed by atoms with E-state index in [0.29, 0.717) is 29.7 Å². The molecule has 1 N–H and O–H groups in total. The first kappa shape index (κ1) is 19.4. The van der Waals surface area contributed by atoms with Crippen LogP contribution in [-0.2, 0) is 13.2 Å². The second kappa shape index (κ2) is 9.03. The van der Waals surface area contributed by atoms with Crippen LogP contribution in [0, 0.1) is 6.92 Å². The summed E-state index contributed by atoms with van der Waals surface area (Å²) >= 11 is 12.5. The molecule has 0 saturated heterocycles. The van der Waals surface area contributed by atoms with Crippen LogP contribution in [0.3, 0.4) is 0 Å². The third-order valence-corrected chi connectivity index (χ3v) is 4.82. The summed E-state index contributed by atoms with van der Waals surface area (Å²) in [4.78, 5) is 0. The van der Waals surface area contributed by atoms with Gasteiger partial charge in [-0.3, -0.25) is 0 Å². The van der Waals surface area contributed by atoms with Crippen molar-refractivity contribution < 1.29 is 9.47 Å². The number of hydrogen-bond donors (Lipinski definition) is 1. The second-order valence-electron chi connectivity index (χ2n) is 6.19. The molecular weight excluding hydrogens is 381 g/mol. The minimum Gasteiger partial charge on any atom is -0.493 e. The van der Waals surface area contributed by atoms with Gasteiger partial charge in [-0.15, -0.1) is 0 Å². The first-order valence-electron chi connectivity index (χ1n) is 8.60. The van der Waals surface area contributed by atoms with Gasteiger partial charge in [0.05, 0.1) is 7.11 Å². The lowest BCUT2D eigenvalue weighted by Gasteiger charge is -2.17. The summed E-state index contributed by atoms with van der Waals surface area (Å²) in [5.41, 5.74) is 3.96. The van der Waals surface area contributed by atoms with E-state index in [4.69, 9.17) is 32.7 Å². The number of halogens is 2. The van der Waals surface area contributed by atoms with E-state index < -0.39 is 0 Å². The highest BCUT2D eigenvalue weighted by Gasteiger charge is 2.13. The van der Waals surface area contributed by atoms with Gasteiger partial charge in [0.25, 0.3) is 0 Å². The van der Waals surface area contributed by atoms with E-state index in [2.05, 4.69) is 5.32 Å². The SMILES string of the molecule is COc1cc(Cl)cc(CNc2ccc(C)c(Cl)c2)c1OCc1ccccc1. The van der Waals surface area contributed by atoms with Crippen LogP contribution in [-0.4, -0.2) is 7.11 Å². The predicted octanol–water partition coefficient (Wildman–Crippen LogP) is 6.50. The molecule has 0 bridgehead atoms. The molecule has 3 aromatic carbocycles. The lowest BCUT2D eigenvalue weighted by atomic mass is 10.1. The van der Waals surface area contributed by atoms with E-state index in [-0.39, 0.29) is 0 Å². The van der Waals surface area contributed by atoms with Crippen LogP contribution in [0.15, 0.2) is 60.7 Å². The third kappa shape index (κ3) is 5.09. The van der Waals surface area contributed by atoms with Gasteiger partial charge in [0.2, 0.25) is 0 Å². The van der Waals surface area contributed by atoms with Gasteiger partial charge < -0.3 is 14.8 Å². The predicted molar refractivity (Wildman–Crippen MR) is 112 cm³/mol. The summed E-state index contributed by atoms with van der Waals surface area (Å²) in [7, 11) is 1.61. The average Bonchev–Trinajstić information content (AvgIpc) is 2.68. The molecule has 0 saturated carbocycles. The van der Waals surface area contributed by atoms with Crippen molar-refractivity contribution in [2.24, 2.45) is 0 Å². The van der Waals surface area contributed by atoms with Crippen LogP contribution in [0.2, 0.25) is 10.0 Å². The molecule has 0 aliphatic heterocycles. The largest absolute Gasteiger partial charge is 0.493 e. The molecule has 3 aromatic rings. The van der Waals surface area contributed by atoms with Gasteiger partial charge in [-0.2, -0.15) is 0 Å². The number of nitrogens with one attached hydrogen (secondary N) is 1. The Bertz CT molecular complexity index is 914. The quantitative estimate of drug-likeness (QED) is 0.489. The molecule has 3 nitrogen and oxygen atoms in total. The van der Waals surface area contributed by atoms with E-state index in [0.717, 1.165) is 27.4 Å². The number of benzene rings is 3. The number of ether oxygens (including phenoxy) is 2. The average molecular weight is 402 g/mol. The highest BCUT2D eigenvalue weighted by molar-refractivity contribution is 6.31. The zero-order valence-corrected chi connectivity index (χ0v) is 16.8. The fourth-order valence-electron chi connectivity index (χ4n) is 2.70. The number of rotatable bonds is 7. The van der Waals surface area contributed by atoms with Crippen LogP contribution in [0.25, 0.3) is 0 Å². The minimum absolute atomic E-state index is 0.447. The zero-order chi connectivity index (χ0) is 19.2. The first-order chi connectivity index (χ1) is 13.1. The van der Waals surface area contributed by atoms with Crippen LogP contribution in [0.1, 0.15) is 16.7 Å². The fraction of sp³-hybridized carbons (Fsp3) is 0.182. The van der Waals surface area contributed by atoms with Crippen LogP contribution < -0.4 is 14.8 Å². The Balaban J connectivity index is 1.81. The topological polar surface area (TPSA) is 30.5 Å². The smallest absolute Gasteiger partial charge is 0.166 e. The summed E-state index contributed by atoms with van der Waals surface area (Å²) < 4.78 is 11.6. The summed E-state index contributed by atoms with van der Waals surface area (Å²) in [6, 6.07) is 19.5. The molecule has 0 fully saturated rings. The maximum absolute atomic E-state index is 6.26. The van der Waals surface area contributed by atoms with E-state index in [1.54, 1.807) is 13.2 Å². The highest BCUT2D eigenvalue weighted by atomic mass is 35.5. The van der Waals surface area contributed by atoms with Crippen molar-refractivity contribution in [3.8, 4) is 11.5 Å². The molecule has 0 unspecified atom stereocenters. The van der Waals surface area contributed by atoms with E-state index >= 15 is 0 Å². The van der Waals surface area contributed by atoms with Crippen LogP contribution in [0.5, 0.6) is 11.5 Å². The number of anilines is 1. The summed E-state index contributed by atoms with van der Waals surface area (Å²) in [6.45, 7) is 2.95. The molecule has 140 valence electrons. The molecule has 0 aromatic heterocycles. The Labute approximate surface area is 169 Å². The van der Waals surface area contributed by atoms with Crippen molar-refractivity contribution in [3.05, 3.63) is 87.4 Å². The van der Waals surface area contributed by atoms with Gasteiger partial charge in [0, 0.05) is 33.9 Å². The van der Waals surface area contributed by atoms with Crippen molar-refractivity contribution in [1.29, 1.82) is 0 Å². The molecule has 0 aliphatic carbocycles. The van der Waals surface area contributed by atoms with E-state index in [1.165, 1.54) is 0 Å². The number of hydrogen-bond acceptors (Lipinski definition) is 3. The zero-order valence-electron chi connectivity index (χ0n) is 15.3. The van der Waals surface area contributed by atoms with Gasteiger partial charge in [-0.1, -0.05) is 59.6 Å². The van der Waals surface area contributed by atoms with E-state index in [9.17, 15) is 0 Å². The monoisotopic (exact) mass is 401 g/mol. The Kier molecular flexibility index (Phi) is 6.49. The lowest BCUT2D eigenvalue weighted by molar-refractivity contribution is 0.281. The maximum atomic E-state index is 6.26. The van der Waals surface area contributed by atoms with Gasteiger partial charge in [0.15, 0.2) is 11.5 Å². The van der Waals surface area contributed by atoms with Gasteiger partial charge in [-0.25, -0.2) is 0 Å². The van der Waals surface area contributed by atoms with Gasteiger partial charge in [-0.05, 0) is 36.2 Å². The Morgan fingerprint density at radius 3 is 2.44 bits per heavy atom. The highest BCUT2D eigenvalue weighted by Crippen LogP contribution is 2.36. The van der Waals surface area contributed by atoms with Crippen LogP contribution >= 0.6 is 23.2 Å². The Morgan fingerprint density at radius 2 is 1.74 bits per heavy atom. The first-order valence-corrected chi connectivity index (χ1v) is 9.35. The molecular formula is C22H21Cl2NO2. The second-order valence-corrected chi connectivity index (χ2v) is 7.03. The molecule has 0 aliphatic rings. The Morgan fingerprint density at radius 1 is 0.963 bits per heavy atom. The third-order valence-electron chi connectivity index (χ3n) is 4.20. The van der Waals surface area contributed by atoms with E-state index in [1.807, 2.05) is 61.5 Å². The van der Waals surface area contributed by atoms with Crippen molar-refractivity contribution in [3.63, 3.8) is 0 Å². The minimum atomic E-state index is 0.447. The number of aryl methyl sites for hydroxylation is 1. The molecule has 0 atom stereocenters. The van der Waals surface area contributed by atoms with Crippen molar-refractivity contribution in [2.45, 2.75) is 20.1 Å². The van der Waals surface area contributed by atoms with Crippen molar-refractivity contribution in [1.82, 2.24) is 0 Å². The lowest BCUT2D eigenvalue weighted by Crippen LogP contribution is -2.05. The molecule has 27 heavy (non-hydrogen) atoms. The molecule has 0 spiro atoms. The van der Waals surface area contributed by atoms with Crippen LogP contribution in [0.4, 0.5) is 5.69 Å². The van der Waals surface area contributed by atoms with Gasteiger partial charge in [0.1, 0.15) is 6.61 Å². The maximum Gasteiger partial charge on any atom is 0.166 e. The van der Waals surface area contributed by atoms with Crippen molar-refractivity contribution in [2.75, 3.05) is 12.4 Å². The summed E-state index contributed by atoms with van der Waals surface area (Å²) in [5, 5.41) is 4.69. The summed E-state index contributed by atoms with van der Waals surface area (Å²) in [6.07, 6.45) is 0. The normalized spacial score (nSPS) is 10.5.